The molecule has 0 saturated carbocycles. The third kappa shape index (κ3) is 8.00. The molecule has 0 aromatic heterocycles. The Morgan fingerprint density at radius 2 is 1.58 bits per heavy atom. The second-order valence-electron chi connectivity index (χ2n) is 10.0. The Balaban J connectivity index is 1.80. The monoisotopic (exact) mass is 621 g/mol. The molecule has 0 unspecified atom stereocenters. The molecule has 0 radical (unpaired) electrons. The van der Waals surface area contributed by atoms with Gasteiger partial charge in [-0.1, -0.05) is 83.9 Å². The molecular weight excluding hydrogens is 589 g/mol. The highest BCUT2D eigenvalue weighted by molar-refractivity contribution is 7.92. The fourth-order valence-corrected chi connectivity index (χ4v) is 6.24. The largest absolute Gasteiger partial charge is 0.355 e. The van der Waals surface area contributed by atoms with Crippen LogP contribution in [0.4, 0.5) is 10.1 Å². The topological polar surface area (TPSA) is 86.8 Å². The summed E-state index contributed by atoms with van der Waals surface area (Å²) >= 11 is 6.24. The molecule has 0 saturated heterocycles. The number of amides is 2. The van der Waals surface area contributed by atoms with Crippen LogP contribution in [0.2, 0.25) is 5.02 Å². The van der Waals surface area contributed by atoms with Gasteiger partial charge >= 0.3 is 0 Å². The minimum absolute atomic E-state index is 0.0175. The van der Waals surface area contributed by atoms with E-state index in [1.54, 1.807) is 37.3 Å². The molecular formula is C33H33ClFN3O4S. The maximum atomic E-state index is 14.9. The van der Waals surface area contributed by atoms with Gasteiger partial charge in [-0.25, -0.2) is 12.8 Å². The van der Waals surface area contributed by atoms with E-state index in [4.69, 9.17) is 11.6 Å². The number of hydrogen-bond acceptors (Lipinski definition) is 4. The second-order valence-corrected chi connectivity index (χ2v) is 12.3. The fraction of sp³-hybridized carbons (Fsp3) is 0.212. The van der Waals surface area contributed by atoms with E-state index >= 15 is 0 Å². The second kappa shape index (κ2) is 14.3. The van der Waals surface area contributed by atoms with Gasteiger partial charge in [0.15, 0.2) is 0 Å². The van der Waals surface area contributed by atoms with Gasteiger partial charge in [0, 0.05) is 30.1 Å². The Bertz CT molecular complexity index is 1670. The number of carbonyl (C=O) groups is 2. The normalized spacial score (nSPS) is 11.9. The number of anilines is 1. The highest BCUT2D eigenvalue weighted by Gasteiger charge is 2.35. The van der Waals surface area contributed by atoms with Crippen molar-refractivity contribution in [3.05, 3.63) is 131 Å². The summed E-state index contributed by atoms with van der Waals surface area (Å²) in [6.07, 6.45) is 0.134. The highest BCUT2D eigenvalue weighted by atomic mass is 35.5. The van der Waals surface area contributed by atoms with Crippen molar-refractivity contribution in [1.82, 2.24) is 10.2 Å². The fourth-order valence-electron chi connectivity index (χ4n) is 4.65. The van der Waals surface area contributed by atoms with Crippen molar-refractivity contribution < 1.29 is 22.4 Å². The quantitative estimate of drug-likeness (QED) is 0.218. The molecule has 0 aliphatic rings. The standard InChI is InChI=1S/C33H33ClFN3O4S/c1-3-36-33(40)31(20-25-10-5-4-6-11-25)37(22-26-12-7-8-15-30(26)35)32(39)23-38(28-14-9-13-27(34)21-28)43(41,42)29-18-16-24(2)17-19-29/h4-19,21,31H,3,20,22-23H2,1-2H3,(H,36,40)/t31-/m1/s1. The van der Waals surface area contributed by atoms with Crippen LogP contribution in [0, 0.1) is 12.7 Å². The molecule has 4 rings (SSSR count). The number of nitrogens with one attached hydrogen (secondary N) is 1. The van der Waals surface area contributed by atoms with Gasteiger partial charge in [-0.3, -0.25) is 13.9 Å². The van der Waals surface area contributed by atoms with E-state index in [1.165, 1.54) is 47.4 Å². The average Bonchev–Trinajstić information content (AvgIpc) is 2.99. The lowest BCUT2D eigenvalue weighted by molar-refractivity contribution is -0.140. The van der Waals surface area contributed by atoms with E-state index in [2.05, 4.69) is 5.32 Å². The average molecular weight is 622 g/mol. The first-order chi connectivity index (χ1) is 20.6. The van der Waals surface area contributed by atoms with Gasteiger partial charge < -0.3 is 10.2 Å². The molecule has 0 aliphatic heterocycles. The summed E-state index contributed by atoms with van der Waals surface area (Å²) in [6.45, 7) is 2.99. The predicted octanol–water partition coefficient (Wildman–Crippen LogP) is 5.76. The summed E-state index contributed by atoms with van der Waals surface area (Å²) in [4.78, 5) is 29.0. The molecule has 2 amide bonds. The molecule has 0 fully saturated rings. The first-order valence-corrected chi connectivity index (χ1v) is 15.6. The summed E-state index contributed by atoms with van der Waals surface area (Å²) in [7, 11) is -4.26. The molecule has 224 valence electrons. The zero-order chi connectivity index (χ0) is 31.0. The SMILES string of the molecule is CCNC(=O)[C@@H](Cc1ccccc1)N(Cc1ccccc1F)C(=O)CN(c1cccc(Cl)c1)S(=O)(=O)c1ccc(C)cc1. The number of hydrogen-bond donors (Lipinski definition) is 1. The molecule has 0 spiro atoms. The molecule has 4 aromatic carbocycles. The number of likely N-dealkylation sites (N-methyl/N-ethyl adjacent to an activating group) is 1. The molecule has 10 heteroatoms. The number of halogens is 2. The van der Waals surface area contributed by atoms with Crippen LogP contribution < -0.4 is 9.62 Å². The van der Waals surface area contributed by atoms with Gasteiger partial charge in [-0.2, -0.15) is 0 Å². The zero-order valence-electron chi connectivity index (χ0n) is 23.9. The lowest BCUT2D eigenvalue weighted by Crippen LogP contribution is -2.53. The first-order valence-electron chi connectivity index (χ1n) is 13.8. The van der Waals surface area contributed by atoms with Gasteiger partial charge in [-0.15, -0.1) is 0 Å². The Morgan fingerprint density at radius 3 is 2.23 bits per heavy atom. The van der Waals surface area contributed by atoms with Crippen molar-refractivity contribution in [1.29, 1.82) is 0 Å². The predicted molar refractivity (Wildman–Crippen MR) is 167 cm³/mol. The number of rotatable bonds is 12. The first kappa shape index (κ1) is 31.7. The van der Waals surface area contributed by atoms with Crippen LogP contribution in [0.15, 0.2) is 108 Å². The summed E-state index contributed by atoms with van der Waals surface area (Å²) in [6, 6.07) is 26.5. The van der Waals surface area contributed by atoms with Gasteiger partial charge in [0.2, 0.25) is 11.8 Å². The van der Waals surface area contributed by atoms with Crippen molar-refractivity contribution in [2.75, 3.05) is 17.4 Å². The minimum Gasteiger partial charge on any atom is -0.355 e. The van der Waals surface area contributed by atoms with E-state index in [1.807, 2.05) is 37.3 Å². The van der Waals surface area contributed by atoms with Crippen molar-refractivity contribution >= 4 is 39.1 Å². The molecule has 0 heterocycles. The lowest BCUT2D eigenvalue weighted by atomic mass is 10.0. The van der Waals surface area contributed by atoms with Crippen LogP contribution in [0.25, 0.3) is 0 Å². The smallest absolute Gasteiger partial charge is 0.264 e. The summed E-state index contributed by atoms with van der Waals surface area (Å²) < 4.78 is 43.9. The van der Waals surface area contributed by atoms with Crippen LogP contribution in [-0.4, -0.2) is 44.3 Å². The number of benzene rings is 4. The molecule has 1 N–H and O–H groups in total. The molecule has 0 bridgehead atoms. The van der Waals surface area contributed by atoms with Crippen LogP contribution >= 0.6 is 11.6 Å². The Hall–Kier alpha value is -4.21. The van der Waals surface area contributed by atoms with Crippen LogP contribution in [0.1, 0.15) is 23.6 Å². The van der Waals surface area contributed by atoms with E-state index < -0.39 is 40.2 Å². The van der Waals surface area contributed by atoms with Crippen LogP contribution in [0.5, 0.6) is 0 Å². The Kier molecular flexibility index (Phi) is 10.6. The van der Waals surface area contributed by atoms with E-state index in [9.17, 15) is 22.4 Å². The van der Waals surface area contributed by atoms with Crippen molar-refractivity contribution in [3.63, 3.8) is 0 Å². The number of carbonyl (C=O) groups excluding carboxylic acids is 2. The molecule has 43 heavy (non-hydrogen) atoms. The van der Waals surface area contributed by atoms with Gasteiger partial charge in [-0.05, 0) is 55.8 Å². The molecule has 7 nitrogen and oxygen atoms in total. The van der Waals surface area contributed by atoms with Crippen LogP contribution in [0.3, 0.4) is 0 Å². The van der Waals surface area contributed by atoms with Gasteiger partial charge in [0.1, 0.15) is 18.4 Å². The third-order valence-electron chi connectivity index (χ3n) is 6.90. The third-order valence-corrected chi connectivity index (χ3v) is 8.93. The highest BCUT2D eigenvalue weighted by Crippen LogP contribution is 2.27. The lowest BCUT2D eigenvalue weighted by Gasteiger charge is -2.34. The van der Waals surface area contributed by atoms with E-state index in [-0.39, 0.29) is 34.1 Å². The minimum atomic E-state index is -4.26. The number of nitrogens with zero attached hydrogens (tertiary/aromatic N) is 2. The summed E-state index contributed by atoms with van der Waals surface area (Å²) in [5.74, 6) is -1.67. The molecule has 1 atom stereocenters. The van der Waals surface area contributed by atoms with Crippen molar-refractivity contribution in [2.45, 2.75) is 37.8 Å². The van der Waals surface area contributed by atoms with Gasteiger partial charge in [0.05, 0.1) is 10.6 Å². The maximum Gasteiger partial charge on any atom is 0.264 e. The number of aryl methyl sites for hydroxylation is 1. The Morgan fingerprint density at radius 1 is 0.907 bits per heavy atom. The van der Waals surface area contributed by atoms with Crippen molar-refractivity contribution in [2.24, 2.45) is 0 Å². The Labute approximate surface area is 257 Å². The van der Waals surface area contributed by atoms with E-state index in [0.717, 1.165) is 15.4 Å². The maximum absolute atomic E-state index is 14.9. The molecule has 0 aliphatic carbocycles. The zero-order valence-corrected chi connectivity index (χ0v) is 25.5. The number of sulfonamides is 1. The van der Waals surface area contributed by atoms with E-state index in [0.29, 0.717) is 6.54 Å². The molecule has 4 aromatic rings. The van der Waals surface area contributed by atoms with Crippen LogP contribution in [-0.2, 0) is 32.6 Å². The summed E-state index contributed by atoms with van der Waals surface area (Å²) in [5.41, 5.74) is 2.01. The van der Waals surface area contributed by atoms with Gasteiger partial charge in [0.25, 0.3) is 10.0 Å². The summed E-state index contributed by atoms with van der Waals surface area (Å²) in [5, 5.41) is 3.06. The van der Waals surface area contributed by atoms with Crippen molar-refractivity contribution in [3.8, 4) is 0 Å².